The van der Waals surface area contributed by atoms with Crippen LogP contribution < -0.4 is 0 Å². The number of benzene rings is 1. The van der Waals surface area contributed by atoms with Gasteiger partial charge >= 0.3 is 0 Å². The normalized spacial score (nSPS) is 17.4. The lowest BCUT2D eigenvalue weighted by atomic mass is 9.91. The van der Waals surface area contributed by atoms with Gasteiger partial charge < -0.3 is 4.90 Å². The molecule has 0 saturated carbocycles. The molecule has 132 valence electrons. The molecule has 1 fully saturated rings. The van der Waals surface area contributed by atoms with Crippen molar-refractivity contribution in [3.63, 3.8) is 0 Å². The lowest BCUT2D eigenvalue weighted by Gasteiger charge is -2.32. The van der Waals surface area contributed by atoms with Crippen LogP contribution in [-0.4, -0.2) is 38.8 Å². The number of hydrogen-bond acceptors (Lipinski definition) is 4. The Morgan fingerprint density at radius 1 is 1.23 bits per heavy atom. The summed E-state index contributed by atoms with van der Waals surface area (Å²) in [5.41, 5.74) is 2.75. The highest BCUT2D eigenvalue weighted by Gasteiger charge is 2.25. The maximum atomic E-state index is 12.7. The van der Waals surface area contributed by atoms with E-state index in [0.717, 1.165) is 37.9 Å². The van der Waals surface area contributed by atoms with Gasteiger partial charge in [-0.25, -0.2) is 9.97 Å². The third-order valence-electron chi connectivity index (χ3n) is 4.97. The number of aryl methyl sites for hydroxylation is 1. The minimum Gasteiger partial charge on any atom is -0.337 e. The van der Waals surface area contributed by atoms with Crippen LogP contribution in [0.15, 0.2) is 48.8 Å². The van der Waals surface area contributed by atoms with Gasteiger partial charge in [-0.15, -0.1) is 0 Å². The summed E-state index contributed by atoms with van der Waals surface area (Å²) in [5.74, 6) is 1.10. The summed E-state index contributed by atoms with van der Waals surface area (Å²) < 4.78 is 0. The molecule has 0 N–H and O–H groups in total. The van der Waals surface area contributed by atoms with E-state index in [2.05, 4.69) is 27.1 Å². The van der Waals surface area contributed by atoms with Gasteiger partial charge in [-0.05, 0) is 55.9 Å². The molecule has 1 amide bonds. The highest BCUT2D eigenvalue weighted by molar-refractivity contribution is 5.92. The van der Waals surface area contributed by atoms with E-state index < -0.39 is 0 Å². The molecule has 1 saturated heterocycles. The molecular weight excluding hydrogens is 324 g/mol. The maximum Gasteiger partial charge on any atom is 0.272 e. The predicted molar refractivity (Wildman–Crippen MR) is 101 cm³/mol. The molecule has 0 radical (unpaired) electrons. The van der Waals surface area contributed by atoms with E-state index in [1.54, 1.807) is 12.3 Å². The molecule has 0 aliphatic carbocycles. The Labute approximate surface area is 153 Å². The van der Waals surface area contributed by atoms with Gasteiger partial charge in [0.05, 0.1) is 5.52 Å². The Morgan fingerprint density at radius 3 is 3.00 bits per heavy atom. The highest BCUT2D eigenvalue weighted by atomic mass is 16.2. The first kappa shape index (κ1) is 16.6. The van der Waals surface area contributed by atoms with Gasteiger partial charge in [0.25, 0.3) is 5.91 Å². The smallest absolute Gasteiger partial charge is 0.272 e. The first-order valence-electron chi connectivity index (χ1n) is 9.11. The Kier molecular flexibility index (Phi) is 4.61. The van der Waals surface area contributed by atoms with E-state index in [1.807, 2.05) is 36.2 Å². The molecule has 3 aromatic rings. The van der Waals surface area contributed by atoms with Crippen molar-refractivity contribution < 1.29 is 4.79 Å². The van der Waals surface area contributed by atoms with Crippen LogP contribution in [0.5, 0.6) is 0 Å². The second-order valence-corrected chi connectivity index (χ2v) is 6.99. The molecule has 1 atom stereocenters. The molecule has 5 nitrogen and oxygen atoms in total. The summed E-state index contributed by atoms with van der Waals surface area (Å²) in [6.45, 7) is 3.38. The number of amides is 1. The van der Waals surface area contributed by atoms with Crippen LogP contribution in [0.1, 0.15) is 34.7 Å². The first-order valence-corrected chi connectivity index (χ1v) is 9.11. The maximum absolute atomic E-state index is 12.7. The van der Waals surface area contributed by atoms with Crippen molar-refractivity contribution in [2.45, 2.75) is 26.2 Å². The van der Waals surface area contributed by atoms with Crippen molar-refractivity contribution in [3.8, 4) is 0 Å². The lowest BCUT2D eigenvalue weighted by Crippen LogP contribution is -2.40. The molecule has 5 heteroatoms. The lowest BCUT2D eigenvalue weighted by molar-refractivity contribution is 0.0667. The standard InChI is InChI=1S/C21H22N4O/c1-15-22-9-8-20(24-15)21(26)25-10-4-5-16(14-25)11-17-12-18-6-2-3-7-19(18)23-13-17/h2-3,6-9,12-13,16H,4-5,10-11,14H2,1H3. The molecule has 2 aromatic heterocycles. The quantitative estimate of drug-likeness (QED) is 0.729. The SMILES string of the molecule is Cc1nccc(C(=O)N2CCCC(Cc3cnc4ccccc4c3)C2)n1. The monoisotopic (exact) mass is 346 g/mol. The third kappa shape index (κ3) is 3.57. The van der Waals surface area contributed by atoms with Crippen LogP contribution in [0.3, 0.4) is 0 Å². The Bertz CT molecular complexity index is 940. The number of hydrogen-bond donors (Lipinski definition) is 0. The van der Waals surface area contributed by atoms with E-state index >= 15 is 0 Å². The number of rotatable bonds is 3. The van der Waals surface area contributed by atoms with Crippen LogP contribution in [0, 0.1) is 12.8 Å². The van der Waals surface area contributed by atoms with Gasteiger partial charge in [0, 0.05) is 30.9 Å². The van der Waals surface area contributed by atoms with E-state index in [9.17, 15) is 4.79 Å². The van der Waals surface area contributed by atoms with Crippen molar-refractivity contribution >= 4 is 16.8 Å². The Hall–Kier alpha value is -2.82. The summed E-state index contributed by atoms with van der Waals surface area (Å²) >= 11 is 0. The van der Waals surface area contributed by atoms with E-state index in [0.29, 0.717) is 17.4 Å². The van der Waals surface area contributed by atoms with Gasteiger partial charge in [0.1, 0.15) is 11.5 Å². The topological polar surface area (TPSA) is 59.0 Å². The number of piperidine rings is 1. The van der Waals surface area contributed by atoms with Gasteiger partial charge in [0.2, 0.25) is 0 Å². The Balaban J connectivity index is 1.46. The molecule has 0 bridgehead atoms. The zero-order valence-electron chi connectivity index (χ0n) is 14.9. The third-order valence-corrected chi connectivity index (χ3v) is 4.97. The van der Waals surface area contributed by atoms with Crippen LogP contribution in [0.4, 0.5) is 0 Å². The van der Waals surface area contributed by atoms with Gasteiger partial charge in [-0.3, -0.25) is 9.78 Å². The number of para-hydroxylation sites is 1. The summed E-state index contributed by atoms with van der Waals surface area (Å²) in [6.07, 6.45) is 6.74. The molecule has 1 unspecified atom stereocenters. The van der Waals surface area contributed by atoms with Crippen molar-refractivity contribution in [1.29, 1.82) is 0 Å². The second-order valence-electron chi connectivity index (χ2n) is 6.99. The molecular formula is C21H22N4O. The zero-order valence-corrected chi connectivity index (χ0v) is 14.9. The van der Waals surface area contributed by atoms with Crippen molar-refractivity contribution in [2.75, 3.05) is 13.1 Å². The number of likely N-dealkylation sites (tertiary alicyclic amines) is 1. The van der Waals surface area contributed by atoms with Crippen LogP contribution >= 0.6 is 0 Å². The summed E-state index contributed by atoms with van der Waals surface area (Å²) in [6, 6.07) is 12.1. The van der Waals surface area contributed by atoms with Gasteiger partial charge in [-0.1, -0.05) is 18.2 Å². The molecule has 1 aliphatic heterocycles. The minimum absolute atomic E-state index is 0.0110. The molecule has 4 rings (SSSR count). The molecule has 3 heterocycles. The average Bonchev–Trinajstić information content (AvgIpc) is 2.67. The van der Waals surface area contributed by atoms with Gasteiger partial charge in [0.15, 0.2) is 0 Å². The summed E-state index contributed by atoms with van der Waals surface area (Å²) in [4.78, 5) is 27.6. The van der Waals surface area contributed by atoms with E-state index in [4.69, 9.17) is 0 Å². The van der Waals surface area contributed by atoms with Crippen LogP contribution in [0.2, 0.25) is 0 Å². The number of nitrogens with zero attached hydrogens (tertiary/aromatic N) is 4. The zero-order chi connectivity index (χ0) is 17.9. The fraction of sp³-hybridized carbons (Fsp3) is 0.333. The molecule has 1 aromatic carbocycles. The highest BCUT2D eigenvalue weighted by Crippen LogP contribution is 2.23. The number of carbonyl (C=O) groups excluding carboxylic acids is 1. The van der Waals surface area contributed by atoms with Crippen molar-refractivity contribution in [1.82, 2.24) is 19.9 Å². The summed E-state index contributed by atoms with van der Waals surface area (Å²) in [5, 5.41) is 1.17. The second kappa shape index (κ2) is 7.20. The first-order chi connectivity index (χ1) is 12.7. The Morgan fingerprint density at radius 2 is 2.12 bits per heavy atom. The average molecular weight is 346 g/mol. The fourth-order valence-electron chi connectivity index (χ4n) is 3.72. The number of pyridine rings is 1. The van der Waals surface area contributed by atoms with Crippen LogP contribution in [0.25, 0.3) is 10.9 Å². The predicted octanol–water partition coefficient (Wildman–Crippen LogP) is 3.43. The van der Waals surface area contributed by atoms with E-state index in [1.165, 1.54) is 10.9 Å². The minimum atomic E-state index is 0.0110. The van der Waals surface area contributed by atoms with E-state index in [-0.39, 0.29) is 5.91 Å². The number of fused-ring (bicyclic) bond motifs is 1. The summed E-state index contributed by atoms with van der Waals surface area (Å²) in [7, 11) is 0. The fourth-order valence-corrected chi connectivity index (χ4v) is 3.72. The van der Waals surface area contributed by atoms with Gasteiger partial charge in [-0.2, -0.15) is 0 Å². The largest absolute Gasteiger partial charge is 0.337 e. The molecule has 1 aliphatic rings. The number of aromatic nitrogens is 3. The van der Waals surface area contributed by atoms with Crippen molar-refractivity contribution in [2.24, 2.45) is 5.92 Å². The van der Waals surface area contributed by atoms with Crippen LogP contribution in [-0.2, 0) is 6.42 Å². The van der Waals surface area contributed by atoms with Crippen molar-refractivity contribution in [3.05, 3.63) is 65.9 Å². The molecule has 0 spiro atoms. The molecule has 26 heavy (non-hydrogen) atoms. The number of carbonyl (C=O) groups is 1.